The molecule has 4 heteroatoms. The van der Waals surface area contributed by atoms with E-state index in [2.05, 4.69) is 17.1 Å². The zero-order valence-electron chi connectivity index (χ0n) is 10.4. The molecule has 2 aliphatic rings. The van der Waals surface area contributed by atoms with E-state index in [1.54, 1.807) is 0 Å². The van der Waals surface area contributed by atoms with Gasteiger partial charge in [-0.05, 0) is 62.5 Å². The second kappa shape index (κ2) is 6.64. The molecule has 17 heavy (non-hydrogen) atoms. The summed E-state index contributed by atoms with van der Waals surface area (Å²) in [6, 6.07) is 0.716. The third kappa shape index (κ3) is 4.18. The van der Waals surface area contributed by atoms with E-state index in [-0.39, 0.29) is 5.92 Å². The lowest BCUT2D eigenvalue weighted by Gasteiger charge is -2.29. The predicted octanol–water partition coefficient (Wildman–Crippen LogP) is 2.36. The van der Waals surface area contributed by atoms with Crippen molar-refractivity contribution >= 4 is 17.7 Å². The van der Waals surface area contributed by atoms with E-state index in [1.165, 1.54) is 24.3 Å². The van der Waals surface area contributed by atoms with Crippen LogP contribution in [0.4, 0.5) is 0 Å². The van der Waals surface area contributed by atoms with Crippen molar-refractivity contribution in [3.63, 3.8) is 0 Å². The van der Waals surface area contributed by atoms with Crippen LogP contribution in [0.1, 0.15) is 38.5 Å². The van der Waals surface area contributed by atoms with Gasteiger partial charge in [0.1, 0.15) is 0 Å². The van der Waals surface area contributed by atoms with Crippen molar-refractivity contribution in [2.24, 2.45) is 11.8 Å². The Morgan fingerprint density at radius 2 is 1.76 bits per heavy atom. The Kier molecular flexibility index (Phi) is 5.16. The van der Waals surface area contributed by atoms with Gasteiger partial charge in [0.15, 0.2) is 0 Å². The molecule has 2 fully saturated rings. The quantitative estimate of drug-likeness (QED) is 0.812. The maximum Gasteiger partial charge on any atom is 0.306 e. The topological polar surface area (TPSA) is 49.3 Å². The minimum atomic E-state index is -0.597. The highest BCUT2D eigenvalue weighted by molar-refractivity contribution is 7.99. The van der Waals surface area contributed by atoms with Crippen LogP contribution in [0.3, 0.4) is 0 Å². The third-order valence-corrected chi connectivity index (χ3v) is 5.16. The van der Waals surface area contributed by atoms with Crippen LogP contribution >= 0.6 is 11.8 Å². The van der Waals surface area contributed by atoms with Crippen LogP contribution < -0.4 is 5.32 Å². The van der Waals surface area contributed by atoms with Crippen LogP contribution in [-0.2, 0) is 4.79 Å². The van der Waals surface area contributed by atoms with Crippen LogP contribution in [0.25, 0.3) is 0 Å². The molecule has 1 aliphatic heterocycles. The lowest BCUT2D eigenvalue weighted by Crippen LogP contribution is -2.37. The number of nitrogens with one attached hydrogen (secondary N) is 1. The largest absolute Gasteiger partial charge is 0.481 e. The van der Waals surface area contributed by atoms with E-state index in [0.29, 0.717) is 12.0 Å². The van der Waals surface area contributed by atoms with Crippen LogP contribution in [0.15, 0.2) is 0 Å². The number of carboxylic acids is 1. The number of aliphatic carboxylic acids is 1. The smallest absolute Gasteiger partial charge is 0.306 e. The SMILES string of the molecule is O=C(O)C1CCC(CNC2CCSCC2)CC1. The average Bonchev–Trinajstić information content (AvgIpc) is 2.38. The fraction of sp³-hybridized carbons (Fsp3) is 0.923. The summed E-state index contributed by atoms with van der Waals surface area (Å²) in [6.07, 6.45) is 6.53. The van der Waals surface area contributed by atoms with E-state index in [1.807, 2.05) is 0 Å². The Bertz CT molecular complexity index is 246. The molecule has 0 atom stereocenters. The van der Waals surface area contributed by atoms with Crippen molar-refractivity contribution in [3.05, 3.63) is 0 Å². The van der Waals surface area contributed by atoms with Gasteiger partial charge in [0, 0.05) is 6.04 Å². The molecule has 1 heterocycles. The third-order valence-electron chi connectivity index (χ3n) is 4.11. The zero-order chi connectivity index (χ0) is 12.1. The lowest BCUT2D eigenvalue weighted by molar-refractivity contribution is -0.143. The summed E-state index contributed by atoms with van der Waals surface area (Å²) in [7, 11) is 0. The van der Waals surface area contributed by atoms with E-state index >= 15 is 0 Å². The molecule has 0 spiro atoms. The highest BCUT2D eigenvalue weighted by Gasteiger charge is 2.26. The fourth-order valence-electron chi connectivity index (χ4n) is 2.85. The second-order valence-electron chi connectivity index (χ2n) is 5.35. The first-order valence-electron chi connectivity index (χ1n) is 6.79. The van der Waals surface area contributed by atoms with E-state index < -0.39 is 5.97 Å². The molecule has 0 unspecified atom stereocenters. The Morgan fingerprint density at radius 3 is 2.35 bits per heavy atom. The standard InChI is InChI=1S/C13H23NO2S/c15-13(16)11-3-1-10(2-4-11)9-14-12-5-7-17-8-6-12/h10-12,14H,1-9H2,(H,15,16). The van der Waals surface area contributed by atoms with Gasteiger partial charge in [-0.15, -0.1) is 0 Å². The molecular weight excluding hydrogens is 234 g/mol. The van der Waals surface area contributed by atoms with Gasteiger partial charge in [0.2, 0.25) is 0 Å². The maximum absolute atomic E-state index is 10.8. The van der Waals surface area contributed by atoms with Gasteiger partial charge in [0.05, 0.1) is 5.92 Å². The minimum Gasteiger partial charge on any atom is -0.481 e. The maximum atomic E-state index is 10.8. The molecule has 0 aromatic carbocycles. The van der Waals surface area contributed by atoms with Crippen molar-refractivity contribution in [2.75, 3.05) is 18.1 Å². The van der Waals surface area contributed by atoms with Crippen molar-refractivity contribution in [3.8, 4) is 0 Å². The molecule has 1 aliphatic carbocycles. The van der Waals surface area contributed by atoms with Crippen LogP contribution in [0.5, 0.6) is 0 Å². The Labute approximate surface area is 108 Å². The molecule has 0 amide bonds. The van der Waals surface area contributed by atoms with Crippen molar-refractivity contribution < 1.29 is 9.90 Å². The summed E-state index contributed by atoms with van der Waals surface area (Å²) < 4.78 is 0. The van der Waals surface area contributed by atoms with E-state index in [0.717, 1.165) is 32.2 Å². The number of carboxylic acid groups (broad SMARTS) is 1. The number of thioether (sulfide) groups is 1. The molecule has 0 aromatic rings. The molecule has 0 radical (unpaired) electrons. The highest BCUT2D eigenvalue weighted by Crippen LogP contribution is 2.28. The van der Waals surface area contributed by atoms with Gasteiger partial charge in [-0.2, -0.15) is 11.8 Å². The molecular formula is C13H23NO2S. The second-order valence-corrected chi connectivity index (χ2v) is 6.58. The van der Waals surface area contributed by atoms with E-state index in [4.69, 9.17) is 5.11 Å². The van der Waals surface area contributed by atoms with Crippen molar-refractivity contribution in [1.82, 2.24) is 5.32 Å². The zero-order valence-corrected chi connectivity index (χ0v) is 11.2. The van der Waals surface area contributed by atoms with Gasteiger partial charge in [0.25, 0.3) is 0 Å². The lowest BCUT2D eigenvalue weighted by atomic mass is 9.82. The normalized spacial score (nSPS) is 31.3. The molecule has 0 aromatic heterocycles. The van der Waals surface area contributed by atoms with E-state index in [9.17, 15) is 4.79 Å². The van der Waals surface area contributed by atoms with Gasteiger partial charge in [-0.25, -0.2) is 0 Å². The number of hydrogen-bond acceptors (Lipinski definition) is 3. The summed E-state index contributed by atoms with van der Waals surface area (Å²) in [6.45, 7) is 1.10. The molecule has 98 valence electrons. The summed E-state index contributed by atoms with van der Waals surface area (Å²) in [5, 5.41) is 12.6. The highest BCUT2D eigenvalue weighted by atomic mass is 32.2. The summed E-state index contributed by atoms with van der Waals surface area (Å²) in [5.74, 6) is 2.63. The first-order valence-corrected chi connectivity index (χ1v) is 7.95. The Hall–Kier alpha value is -0.220. The number of rotatable bonds is 4. The first-order chi connectivity index (χ1) is 8.25. The van der Waals surface area contributed by atoms with Gasteiger partial charge < -0.3 is 10.4 Å². The number of carbonyl (C=O) groups is 1. The summed E-state index contributed by atoms with van der Waals surface area (Å²) in [4.78, 5) is 10.8. The van der Waals surface area contributed by atoms with Gasteiger partial charge in [-0.1, -0.05) is 0 Å². The molecule has 1 saturated carbocycles. The predicted molar refractivity (Wildman–Crippen MR) is 71.4 cm³/mol. The van der Waals surface area contributed by atoms with Crippen molar-refractivity contribution in [2.45, 2.75) is 44.6 Å². The molecule has 2 N–H and O–H groups in total. The fourth-order valence-corrected chi connectivity index (χ4v) is 3.96. The van der Waals surface area contributed by atoms with Gasteiger partial charge in [-0.3, -0.25) is 4.79 Å². The van der Waals surface area contributed by atoms with Crippen molar-refractivity contribution in [1.29, 1.82) is 0 Å². The Balaban J connectivity index is 1.62. The van der Waals surface area contributed by atoms with Crippen LogP contribution in [0, 0.1) is 11.8 Å². The first kappa shape index (κ1) is 13.2. The van der Waals surface area contributed by atoms with Crippen LogP contribution in [-0.4, -0.2) is 35.2 Å². The molecule has 2 rings (SSSR count). The summed E-state index contributed by atoms with van der Waals surface area (Å²) in [5.41, 5.74) is 0. The molecule has 0 bridgehead atoms. The Morgan fingerprint density at radius 1 is 1.12 bits per heavy atom. The minimum absolute atomic E-state index is 0.0719. The average molecular weight is 257 g/mol. The van der Waals surface area contributed by atoms with Gasteiger partial charge >= 0.3 is 5.97 Å². The molecule has 3 nitrogen and oxygen atoms in total. The number of hydrogen-bond donors (Lipinski definition) is 2. The molecule has 1 saturated heterocycles. The summed E-state index contributed by atoms with van der Waals surface area (Å²) >= 11 is 2.06. The van der Waals surface area contributed by atoms with Crippen LogP contribution in [0.2, 0.25) is 0 Å². The monoisotopic (exact) mass is 257 g/mol.